The highest BCUT2D eigenvalue weighted by molar-refractivity contribution is 5.81. The SMILES string of the molecule is CC(C)(C)C(=O)N[C@@H]1CCCOC1. The lowest BCUT2D eigenvalue weighted by Gasteiger charge is -2.27. The average Bonchev–Trinajstić information content (AvgIpc) is 2.04. The molecule has 0 radical (unpaired) electrons. The Bertz CT molecular complexity index is 178. The minimum Gasteiger partial charge on any atom is -0.379 e. The second-order valence-electron chi connectivity index (χ2n) is 4.64. The van der Waals surface area contributed by atoms with Gasteiger partial charge in [0.25, 0.3) is 0 Å². The fraction of sp³-hybridized carbons (Fsp3) is 0.900. The largest absolute Gasteiger partial charge is 0.379 e. The molecule has 1 saturated heterocycles. The molecule has 3 heteroatoms. The maximum Gasteiger partial charge on any atom is 0.225 e. The lowest BCUT2D eigenvalue weighted by atomic mass is 9.95. The van der Waals surface area contributed by atoms with E-state index in [0.29, 0.717) is 6.61 Å². The average molecular weight is 185 g/mol. The van der Waals surface area contributed by atoms with E-state index in [1.54, 1.807) is 0 Å². The zero-order valence-electron chi connectivity index (χ0n) is 8.72. The molecule has 76 valence electrons. The molecule has 13 heavy (non-hydrogen) atoms. The van der Waals surface area contributed by atoms with Crippen molar-refractivity contribution in [2.75, 3.05) is 13.2 Å². The molecule has 0 saturated carbocycles. The Hall–Kier alpha value is -0.570. The summed E-state index contributed by atoms with van der Waals surface area (Å²) in [5.41, 5.74) is -0.294. The van der Waals surface area contributed by atoms with Crippen molar-refractivity contribution in [1.29, 1.82) is 0 Å². The predicted molar refractivity (Wildman–Crippen MR) is 51.4 cm³/mol. The fourth-order valence-corrected chi connectivity index (χ4v) is 1.26. The van der Waals surface area contributed by atoms with Crippen molar-refractivity contribution < 1.29 is 9.53 Å². The molecule has 0 aromatic rings. The molecule has 0 spiro atoms. The third-order valence-electron chi connectivity index (χ3n) is 2.18. The molecule has 1 fully saturated rings. The zero-order chi connectivity index (χ0) is 9.90. The number of nitrogens with one attached hydrogen (secondary N) is 1. The minimum atomic E-state index is -0.294. The lowest BCUT2D eigenvalue weighted by Crippen LogP contribution is -2.45. The number of amides is 1. The van der Waals surface area contributed by atoms with Crippen LogP contribution in [0, 0.1) is 5.41 Å². The molecule has 1 amide bonds. The van der Waals surface area contributed by atoms with Gasteiger partial charge in [-0.1, -0.05) is 20.8 Å². The van der Waals surface area contributed by atoms with Crippen molar-refractivity contribution in [3.8, 4) is 0 Å². The van der Waals surface area contributed by atoms with Gasteiger partial charge in [-0.05, 0) is 12.8 Å². The molecule has 1 rings (SSSR count). The molecular formula is C10H19NO2. The normalized spacial score (nSPS) is 24.1. The van der Waals surface area contributed by atoms with E-state index in [1.807, 2.05) is 20.8 Å². The molecule has 3 nitrogen and oxygen atoms in total. The van der Waals surface area contributed by atoms with Gasteiger partial charge in [-0.3, -0.25) is 4.79 Å². The van der Waals surface area contributed by atoms with E-state index in [4.69, 9.17) is 4.74 Å². The van der Waals surface area contributed by atoms with Crippen LogP contribution in [0.2, 0.25) is 0 Å². The number of rotatable bonds is 1. The topological polar surface area (TPSA) is 38.3 Å². The monoisotopic (exact) mass is 185 g/mol. The van der Waals surface area contributed by atoms with Crippen molar-refractivity contribution in [1.82, 2.24) is 5.32 Å². The Kier molecular flexibility index (Phi) is 3.31. The molecule has 0 aromatic carbocycles. The minimum absolute atomic E-state index is 0.114. The molecule has 1 N–H and O–H groups in total. The molecule has 0 unspecified atom stereocenters. The van der Waals surface area contributed by atoms with E-state index in [0.717, 1.165) is 19.4 Å². The third-order valence-corrected chi connectivity index (χ3v) is 2.18. The van der Waals surface area contributed by atoms with Crippen molar-refractivity contribution >= 4 is 5.91 Å². The summed E-state index contributed by atoms with van der Waals surface area (Å²) in [5.74, 6) is 0.114. The van der Waals surface area contributed by atoms with Crippen LogP contribution >= 0.6 is 0 Å². The van der Waals surface area contributed by atoms with Crippen LogP contribution in [0.15, 0.2) is 0 Å². The number of carbonyl (C=O) groups is 1. The van der Waals surface area contributed by atoms with Crippen LogP contribution in [0.4, 0.5) is 0 Å². The Morgan fingerprint density at radius 2 is 2.15 bits per heavy atom. The molecule has 1 heterocycles. The number of hydrogen-bond acceptors (Lipinski definition) is 2. The van der Waals surface area contributed by atoms with Crippen molar-refractivity contribution in [2.45, 2.75) is 39.7 Å². The number of hydrogen-bond donors (Lipinski definition) is 1. The van der Waals surface area contributed by atoms with Crippen molar-refractivity contribution in [3.05, 3.63) is 0 Å². The first-order valence-electron chi connectivity index (χ1n) is 4.89. The van der Waals surface area contributed by atoms with Gasteiger partial charge in [0.1, 0.15) is 0 Å². The van der Waals surface area contributed by atoms with Crippen LogP contribution in [-0.4, -0.2) is 25.2 Å². The van der Waals surface area contributed by atoms with Gasteiger partial charge in [-0.2, -0.15) is 0 Å². The van der Waals surface area contributed by atoms with Crippen LogP contribution in [-0.2, 0) is 9.53 Å². The summed E-state index contributed by atoms with van der Waals surface area (Å²) in [6.07, 6.45) is 2.09. The van der Waals surface area contributed by atoms with E-state index in [1.165, 1.54) is 0 Å². The maximum atomic E-state index is 11.6. The standard InChI is InChI=1S/C10H19NO2/c1-10(2,3)9(12)11-8-5-4-6-13-7-8/h8H,4-7H2,1-3H3,(H,11,12)/t8-/m1/s1. The highest BCUT2D eigenvalue weighted by atomic mass is 16.5. The molecule has 1 aliphatic rings. The van der Waals surface area contributed by atoms with Crippen molar-refractivity contribution in [2.24, 2.45) is 5.41 Å². The summed E-state index contributed by atoms with van der Waals surface area (Å²) in [6, 6.07) is 0.223. The van der Waals surface area contributed by atoms with Gasteiger partial charge in [0.05, 0.1) is 12.6 Å². The van der Waals surface area contributed by atoms with Gasteiger partial charge < -0.3 is 10.1 Å². The maximum absolute atomic E-state index is 11.6. The van der Waals surface area contributed by atoms with E-state index >= 15 is 0 Å². The second-order valence-corrected chi connectivity index (χ2v) is 4.64. The van der Waals surface area contributed by atoms with Crippen LogP contribution in [0.1, 0.15) is 33.6 Å². The quantitative estimate of drug-likeness (QED) is 0.669. The third kappa shape index (κ3) is 3.35. The van der Waals surface area contributed by atoms with Gasteiger partial charge in [-0.15, -0.1) is 0 Å². The Labute approximate surface area is 79.8 Å². The van der Waals surface area contributed by atoms with E-state index in [-0.39, 0.29) is 17.4 Å². The van der Waals surface area contributed by atoms with E-state index in [9.17, 15) is 4.79 Å². The Morgan fingerprint density at radius 1 is 1.46 bits per heavy atom. The smallest absolute Gasteiger partial charge is 0.225 e. The van der Waals surface area contributed by atoms with Gasteiger partial charge in [0, 0.05) is 12.0 Å². The highest BCUT2D eigenvalue weighted by Crippen LogP contribution is 2.14. The summed E-state index contributed by atoms with van der Waals surface area (Å²) in [4.78, 5) is 11.6. The fourth-order valence-electron chi connectivity index (χ4n) is 1.26. The van der Waals surface area contributed by atoms with E-state index < -0.39 is 0 Å². The van der Waals surface area contributed by atoms with E-state index in [2.05, 4.69) is 5.32 Å². The molecule has 0 bridgehead atoms. The predicted octanol–water partition coefficient (Wildman–Crippen LogP) is 1.33. The van der Waals surface area contributed by atoms with Gasteiger partial charge >= 0.3 is 0 Å². The van der Waals surface area contributed by atoms with Gasteiger partial charge in [0.2, 0.25) is 5.91 Å². The number of ether oxygens (including phenoxy) is 1. The van der Waals surface area contributed by atoms with Crippen LogP contribution in [0.25, 0.3) is 0 Å². The summed E-state index contributed by atoms with van der Waals surface area (Å²) >= 11 is 0. The lowest BCUT2D eigenvalue weighted by molar-refractivity contribution is -0.130. The summed E-state index contributed by atoms with van der Waals surface area (Å²) in [7, 11) is 0. The van der Waals surface area contributed by atoms with Crippen LogP contribution in [0.5, 0.6) is 0 Å². The zero-order valence-corrected chi connectivity index (χ0v) is 8.72. The first kappa shape index (κ1) is 10.5. The Morgan fingerprint density at radius 3 is 2.62 bits per heavy atom. The van der Waals surface area contributed by atoms with Gasteiger partial charge in [-0.25, -0.2) is 0 Å². The molecule has 1 atom stereocenters. The first-order chi connectivity index (χ1) is 6.00. The number of carbonyl (C=O) groups excluding carboxylic acids is 1. The van der Waals surface area contributed by atoms with Crippen LogP contribution in [0.3, 0.4) is 0 Å². The highest BCUT2D eigenvalue weighted by Gasteiger charge is 2.24. The summed E-state index contributed by atoms with van der Waals surface area (Å²) in [6.45, 7) is 7.27. The first-order valence-corrected chi connectivity index (χ1v) is 4.89. The molecular weight excluding hydrogens is 166 g/mol. The molecule has 0 aromatic heterocycles. The summed E-state index contributed by atoms with van der Waals surface area (Å²) in [5, 5.41) is 2.99. The molecule has 0 aliphatic carbocycles. The van der Waals surface area contributed by atoms with Crippen LogP contribution < -0.4 is 5.32 Å². The molecule has 1 aliphatic heterocycles. The second kappa shape index (κ2) is 4.09. The summed E-state index contributed by atoms with van der Waals surface area (Å²) < 4.78 is 5.28. The van der Waals surface area contributed by atoms with Gasteiger partial charge in [0.15, 0.2) is 0 Å². The Balaban J connectivity index is 2.35. The van der Waals surface area contributed by atoms with Crippen molar-refractivity contribution in [3.63, 3.8) is 0 Å².